The molecular formula is C9H12N2O3S. The molecule has 1 aromatic rings. The van der Waals surface area contributed by atoms with Crippen molar-refractivity contribution in [3.63, 3.8) is 0 Å². The number of thioether (sulfide) groups is 1. The number of nitro groups is 1. The Morgan fingerprint density at radius 3 is 3.07 bits per heavy atom. The van der Waals surface area contributed by atoms with Crippen LogP contribution in [0.3, 0.4) is 0 Å². The SMILES string of the molecule is CC(CO)CSc1ncccc1[N+](=O)[O-]. The molecule has 0 aliphatic rings. The lowest BCUT2D eigenvalue weighted by Gasteiger charge is -2.06. The number of aromatic nitrogens is 1. The van der Waals surface area contributed by atoms with Crippen molar-refractivity contribution in [3.05, 3.63) is 28.4 Å². The van der Waals surface area contributed by atoms with Crippen LogP contribution in [0.4, 0.5) is 5.69 Å². The highest BCUT2D eigenvalue weighted by atomic mass is 32.2. The Morgan fingerprint density at radius 1 is 1.73 bits per heavy atom. The van der Waals surface area contributed by atoms with Crippen molar-refractivity contribution < 1.29 is 10.0 Å². The maximum atomic E-state index is 10.6. The van der Waals surface area contributed by atoms with Crippen molar-refractivity contribution in [2.24, 2.45) is 5.92 Å². The first kappa shape index (κ1) is 11.9. The zero-order valence-corrected chi connectivity index (χ0v) is 9.11. The maximum Gasteiger partial charge on any atom is 0.301 e. The number of hydrogen-bond acceptors (Lipinski definition) is 5. The number of aliphatic hydroxyl groups is 1. The van der Waals surface area contributed by atoms with E-state index in [2.05, 4.69) is 4.98 Å². The fourth-order valence-corrected chi connectivity index (χ4v) is 1.88. The molecule has 0 spiro atoms. The van der Waals surface area contributed by atoms with Gasteiger partial charge >= 0.3 is 5.69 Å². The zero-order chi connectivity index (χ0) is 11.3. The summed E-state index contributed by atoms with van der Waals surface area (Å²) in [4.78, 5) is 14.1. The van der Waals surface area contributed by atoms with E-state index < -0.39 is 4.92 Å². The molecule has 1 heterocycles. The topological polar surface area (TPSA) is 76.3 Å². The Labute approximate surface area is 91.7 Å². The number of nitrogens with zero attached hydrogens (tertiary/aromatic N) is 2. The number of aliphatic hydroxyl groups excluding tert-OH is 1. The molecule has 0 bridgehead atoms. The molecule has 0 aliphatic carbocycles. The lowest BCUT2D eigenvalue weighted by Crippen LogP contribution is -2.04. The molecule has 5 nitrogen and oxygen atoms in total. The monoisotopic (exact) mass is 228 g/mol. The first-order valence-electron chi connectivity index (χ1n) is 4.48. The summed E-state index contributed by atoms with van der Waals surface area (Å²) in [6.07, 6.45) is 1.53. The minimum Gasteiger partial charge on any atom is -0.396 e. The van der Waals surface area contributed by atoms with Gasteiger partial charge in [-0.15, -0.1) is 0 Å². The van der Waals surface area contributed by atoms with Crippen LogP contribution in [0.1, 0.15) is 6.92 Å². The highest BCUT2D eigenvalue weighted by molar-refractivity contribution is 7.99. The lowest BCUT2D eigenvalue weighted by molar-refractivity contribution is -0.388. The maximum absolute atomic E-state index is 10.6. The van der Waals surface area contributed by atoms with Gasteiger partial charge in [0.05, 0.1) is 4.92 Å². The Hall–Kier alpha value is -1.14. The molecule has 1 N–H and O–H groups in total. The predicted molar refractivity (Wildman–Crippen MR) is 57.9 cm³/mol. The molecule has 15 heavy (non-hydrogen) atoms. The van der Waals surface area contributed by atoms with Gasteiger partial charge < -0.3 is 5.11 Å². The number of rotatable bonds is 5. The predicted octanol–water partition coefficient (Wildman–Crippen LogP) is 1.71. The van der Waals surface area contributed by atoms with Crippen LogP contribution < -0.4 is 0 Å². The lowest BCUT2D eigenvalue weighted by atomic mass is 10.2. The molecular weight excluding hydrogens is 216 g/mol. The Bertz CT molecular complexity index is 346. The van der Waals surface area contributed by atoms with Crippen molar-refractivity contribution in [2.45, 2.75) is 11.9 Å². The molecule has 0 saturated heterocycles. The zero-order valence-electron chi connectivity index (χ0n) is 8.29. The van der Waals surface area contributed by atoms with Crippen LogP contribution in [0.15, 0.2) is 23.4 Å². The molecule has 1 atom stereocenters. The minimum absolute atomic E-state index is 0.0210. The van der Waals surface area contributed by atoms with Crippen LogP contribution in [-0.2, 0) is 0 Å². The summed E-state index contributed by atoms with van der Waals surface area (Å²) in [6.45, 7) is 1.95. The molecule has 0 radical (unpaired) electrons. The van der Waals surface area contributed by atoms with E-state index >= 15 is 0 Å². The summed E-state index contributed by atoms with van der Waals surface area (Å²) in [5.74, 6) is 0.727. The molecule has 0 amide bonds. The van der Waals surface area contributed by atoms with Gasteiger partial charge in [0.2, 0.25) is 0 Å². The molecule has 0 fully saturated rings. The summed E-state index contributed by atoms with van der Waals surface area (Å²) in [5, 5.41) is 19.9. The summed E-state index contributed by atoms with van der Waals surface area (Å²) in [6, 6.07) is 2.97. The Balaban J connectivity index is 2.72. The molecule has 82 valence electrons. The average Bonchev–Trinajstić information content (AvgIpc) is 2.26. The van der Waals surface area contributed by atoms with Gasteiger partial charge in [0.25, 0.3) is 0 Å². The Morgan fingerprint density at radius 2 is 2.47 bits per heavy atom. The van der Waals surface area contributed by atoms with Crippen LogP contribution in [0.2, 0.25) is 0 Å². The third-order valence-corrected chi connectivity index (χ3v) is 3.09. The molecule has 0 aliphatic heterocycles. The van der Waals surface area contributed by atoms with Gasteiger partial charge in [-0.05, 0) is 12.0 Å². The minimum atomic E-state index is -0.445. The van der Waals surface area contributed by atoms with E-state index in [0.717, 1.165) is 0 Å². The third-order valence-electron chi connectivity index (χ3n) is 1.76. The molecule has 0 aromatic carbocycles. The van der Waals surface area contributed by atoms with Gasteiger partial charge in [0, 0.05) is 24.6 Å². The van der Waals surface area contributed by atoms with Crippen LogP contribution in [0.25, 0.3) is 0 Å². The standard InChI is InChI=1S/C9H12N2O3S/c1-7(5-12)6-15-9-8(11(13)14)3-2-4-10-9/h2-4,7,12H,5-6H2,1H3. The van der Waals surface area contributed by atoms with Gasteiger partial charge in [0.1, 0.15) is 0 Å². The normalized spacial score (nSPS) is 12.4. The summed E-state index contributed by atoms with van der Waals surface area (Å²) >= 11 is 1.30. The highest BCUT2D eigenvalue weighted by Gasteiger charge is 2.15. The van der Waals surface area contributed by atoms with E-state index in [-0.39, 0.29) is 18.2 Å². The fourth-order valence-electron chi connectivity index (χ4n) is 0.906. The summed E-state index contributed by atoms with van der Waals surface area (Å²) in [7, 11) is 0. The van der Waals surface area contributed by atoms with Crippen molar-refractivity contribution in [1.82, 2.24) is 4.98 Å². The van der Waals surface area contributed by atoms with Crippen LogP contribution >= 0.6 is 11.8 Å². The van der Waals surface area contributed by atoms with Crippen molar-refractivity contribution in [3.8, 4) is 0 Å². The van der Waals surface area contributed by atoms with Crippen LogP contribution in [0, 0.1) is 16.0 Å². The second-order valence-corrected chi connectivity index (χ2v) is 4.19. The van der Waals surface area contributed by atoms with E-state index in [1.807, 2.05) is 6.92 Å². The molecule has 0 saturated carbocycles. The van der Waals surface area contributed by atoms with E-state index in [1.54, 1.807) is 0 Å². The van der Waals surface area contributed by atoms with Gasteiger partial charge in [-0.1, -0.05) is 18.7 Å². The van der Waals surface area contributed by atoms with Crippen molar-refractivity contribution >= 4 is 17.4 Å². The fraction of sp³-hybridized carbons (Fsp3) is 0.444. The van der Waals surface area contributed by atoms with E-state index in [0.29, 0.717) is 10.8 Å². The first-order chi connectivity index (χ1) is 7.15. The van der Waals surface area contributed by atoms with Gasteiger partial charge in [-0.3, -0.25) is 10.1 Å². The quantitative estimate of drug-likeness (QED) is 0.471. The second kappa shape index (κ2) is 5.67. The second-order valence-electron chi connectivity index (χ2n) is 3.18. The van der Waals surface area contributed by atoms with E-state index in [4.69, 9.17) is 5.11 Å². The van der Waals surface area contributed by atoms with E-state index in [1.165, 1.54) is 30.1 Å². The molecule has 1 rings (SSSR count). The highest BCUT2D eigenvalue weighted by Crippen LogP contribution is 2.27. The van der Waals surface area contributed by atoms with E-state index in [9.17, 15) is 10.1 Å². The smallest absolute Gasteiger partial charge is 0.301 e. The summed E-state index contributed by atoms with van der Waals surface area (Å²) in [5.41, 5.74) is 0.0210. The molecule has 1 unspecified atom stereocenters. The number of pyridine rings is 1. The average molecular weight is 228 g/mol. The van der Waals surface area contributed by atoms with Gasteiger partial charge in [0.15, 0.2) is 5.03 Å². The van der Waals surface area contributed by atoms with Crippen molar-refractivity contribution in [2.75, 3.05) is 12.4 Å². The largest absolute Gasteiger partial charge is 0.396 e. The Kier molecular flexibility index (Phi) is 4.51. The molecule has 6 heteroatoms. The van der Waals surface area contributed by atoms with Gasteiger partial charge in [-0.2, -0.15) is 0 Å². The third kappa shape index (κ3) is 3.49. The number of hydrogen-bond donors (Lipinski definition) is 1. The van der Waals surface area contributed by atoms with Crippen LogP contribution in [-0.4, -0.2) is 27.4 Å². The van der Waals surface area contributed by atoms with Gasteiger partial charge in [-0.25, -0.2) is 4.98 Å². The van der Waals surface area contributed by atoms with Crippen molar-refractivity contribution in [1.29, 1.82) is 0 Å². The molecule has 1 aromatic heterocycles. The van der Waals surface area contributed by atoms with Crippen LogP contribution in [0.5, 0.6) is 0 Å². The first-order valence-corrected chi connectivity index (χ1v) is 5.46. The summed E-state index contributed by atoms with van der Waals surface area (Å²) < 4.78 is 0.